The van der Waals surface area contributed by atoms with Gasteiger partial charge in [0.05, 0.1) is 17.4 Å². The maximum absolute atomic E-state index is 12.4. The van der Waals surface area contributed by atoms with Gasteiger partial charge in [0.25, 0.3) is 0 Å². The molecule has 29 heavy (non-hydrogen) atoms. The van der Waals surface area contributed by atoms with Gasteiger partial charge in [-0.1, -0.05) is 12.1 Å². The molecule has 1 aliphatic heterocycles. The topological polar surface area (TPSA) is 85.6 Å². The molecule has 1 amide bonds. The summed E-state index contributed by atoms with van der Waals surface area (Å²) in [5.74, 6) is -0.718. The van der Waals surface area contributed by atoms with Crippen LogP contribution in [0, 0.1) is 13.8 Å². The lowest BCUT2D eigenvalue weighted by Crippen LogP contribution is -2.31. The molecule has 1 N–H and O–H groups in total. The maximum Gasteiger partial charge on any atom is 0.336 e. The van der Waals surface area contributed by atoms with Crippen molar-refractivity contribution in [1.82, 2.24) is 0 Å². The predicted octanol–water partition coefficient (Wildman–Crippen LogP) is 3.96. The van der Waals surface area contributed by atoms with E-state index in [2.05, 4.69) is 5.32 Å². The Labute approximate surface area is 171 Å². The second-order valence-corrected chi connectivity index (χ2v) is 8.22. The standard InChI is InChI=1S/C22H19NO5S/c1-12-7-15-14(9-21(25)28-17(15)8-13(12)2)11-27-20(24)10-19-22(26)23-16-5-3-4-6-18(16)29-19/h3-9,19H,10-11H2,1-2H3,(H,23,26)/t19-/m1/s1. The highest BCUT2D eigenvalue weighted by Gasteiger charge is 2.29. The Morgan fingerprint density at radius 2 is 1.90 bits per heavy atom. The van der Waals surface area contributed by atoms with E-state index in [1.165, 1.54) is 17.8 Å². The van der Waals surface area contributed by atoms with Gasteiger partial charge in [-0.15, -0.1) is 11.8 Å². The summed E-state index contributed by atoms with van der Waals surface area (Å²) in [6, 6.07) is 12.5. The molecule has 1 atom stereocenters. The van der Waals surface area contributed by atoms with Gasteiger partial charge < -0.3 is 14.5 Å². The molecule has 0 spiro atoms. The fourth-order valence-electron chi connectivity index (χ4n) is 3.20. The van der Waals surface area contributed by atoms with Crippen LogP contribution in [0.3, 0.4) is 0 Å². The number of amides is 1. The van der Waals surface area contributed by atoms with E-state index in [0.717, 1.165) is 27.1 Å². The van der Waals surface area contributed by atoms with Gasteiger partial charge in [-0.3, -0.25) is 9.59 Å². The zero-order valence-corrected chi connectivity index (χ0v) is 16.8. The molecule has 0 unspecified atom stereocenters. The van der Waals surface area contributed by atoms with Gasteiger partial charge in [0, 0.05) is 21.9 Å². The molecule has 1 aromatic heterocycles. The minimum absolute atomic E-state index is 0.0532. The van der Waals surface area contributed by atoms with Crippen molar-refractivity contribution in [2.45, 2.75) is 37.0 Å². The van der Waals surface area contributed by atoms with E-state index < -0.39 is 16.8 Å². The van der Waals surface area contributed by atoms with Gasteiger partial charge in [0.2, 0.25) is 5.91 Å². The average molecular weight is 409 g/mol. The fraction of sp³-hybridized carbons (Fsp3) is 0.227. The lowest BCUT2D eigenvalue weighted by molar-refractivity contribution is -0.145. The number of para-hydroxylation sites is 1. The number of benzene rings is 2. The monoisotopic (exact) mass is 409 g/mol. The summed E-state index contributed by atoms with van der Waals surface area (Å²) in [5.41, 5.74) is 3.36. The van der Waals surface area contributed by atoms with Crippen LogP contribution >= 0.6 is 11.8 Å². The summed E-state index contributed by atoms with van der Waals surface area (Å²) < 4.78 is 10.6. The Hall–Kier alpha value is -3.06. The van der Waals surface area contributed by atoms with Gasteiger partial charge in [-0.2, -0.15) is 0 Å². The Kier molecular flexibility index (Phi) is 5.15. The summed E-state index contributed by atoms with van der Waals surface area (Å²) in [6.07, 6.45) is -0.0532. The highest BCUT2D eigenvalue weighted by molar-refractivity contribution is 8.01. The second kappa shape index (κ2) is 7.75. The number of ether oxygens (including phenoxy) is 1. The molecule has 0 fully saturated rings. The summed E-state index contributed by atoms with van der Waals surface area (Å²) >= 11 is 1.35. The second-order valence-electron chi connectivity index (χ2n) is 6.98. The lowest BCUT2D eigenvalue weighted by Gasteiger charge is -2.23. The van der Waals surface area contributed by atoms with Gasteiger partial charge in [0.1, 0.15) is 12.2 Å². The number of esters is 1. The number of anilines is 1. The smallest absolute Gasteiger partial charge is 0.336 e. The van der Waals surface area contributed by atoms with Crippen LogP contribution in [0.15, 0.2) is 56.6 Å². The summed E-state index contributed by atoms with van der Waals surface area (Å²) in [5, 5.41) is 2.99. The quantitative estimate of drug-likeness (QED) is 0.519. The van der Waals surface area contributed by atoms with E-state index in [9.17, 15) is 14.4 Å². The molecule has 3 aromatic rings. The number of fused-ring (bicyclic) bond motifs is 2. The van der Waals surface area contributed by atoms with E-state index in [-0.39, 0.29) is 18.9 Å². The number of hydrogen-bond acceptors (Lipinski definition) is 6. The molecule has 0 aliphatic carbocycles. The number of aryl methyl sites for hydroxylation is 2. The molecule has 2 heterocycles. The minimum atomic E-state index is -0.556. The van der Waals surface area contributed by atoms with Crippen molar-refractivity contribution in [2.24, 2.45) is 0 Å². The SMILES string of the molecule is Cc1cc2oc(=O)cc(COC(=O)C[C@H]3Sc4ccccc4NC3=O)c2cc1C. The van der Waals surface area contributed by atoms with Crippen molar-refractivity contribution in [3.63, 3.8) is 0 Å². The number of nitrogens with one attached hydrogen (secondary N) is 1. The van der Waals surface area contributed by atoms with E-state index in [1.807, 2.05) is 44.2 Å². The van der Waals surface area contributed by atoms with Crippen molar-refractivity contribution in [2.75, 3.05) is 5.32 Å². The Bertz CT molecular complexity index is 1180. The van der Waals surface area contributed by atoms with Gasteiger partial charge in [-0.25, -0.2) is 4.79 Å². The molecule has 0 bridgehead atoms. The van der Waals surface area contributed by atoms with Gasteiger partial charge in [0.15, 0.2) is 0 Å². The lowest BCUT2D eigenvalue weighted by atomic mass is 10.0. The Morgan fingerprint density at radius 3 is 2.72 bits per heavy atom. The van der Waals surface area contributed by atoms with Crippen molar-refractivity contribution < 1.29 is 18.7 Å². The average Bonchev–Trinajstić information content (AvgIpc) is 2.68. The molecule has 0 saturated heterocycles. The largest absolute Gasteiger partial charge is 0.461 e. The van der Waals surface area contributed by atoms with E-state index >= 15 is 0 Å². The first kappa shape index (κ1) is 19.3. The number of carbonyl (C=O) groups excluding carboxylic acids is 2. The molecule has 148 valence electrons. The van der Waals surface area contributed by atoms with Crippen LogP contribution in [0.25, 0.3) is 11.0 Å². The maximum atomic E-state index is 12.4. The van der Waals surface area contributed by atoms with Gasteiger partial charge in [-0.05, 0) is 49.2 Å². The summed E-state index contributed by atoms with van der Waals surface area (Å²) in [4.78, 5) is 37.4. The molecule has 4 rings (SSSR count). The number of hydrogen-bond donors (Lipinski definition) is 1. The third-order valence-electron chi connectivity index (χ3n) is 4.89. The zero-order chi connectivity index (χ0) is 20.5. The normalized spacial score (nSPS) is 15.7. The van der Waals surface area contributed by atoms with Gasteiger partial charge >= 0.3 is 11.6 Å². The highest BCUT2D eigenvalue weighted by Crippen LogP contribution is 2.36. The number of thioether (sulfide) groups is 1. The van der Waals surface area contributed by atoms with Crippen LogP contribution in [0.5, 0.6) is 0 Å². The van der Waals surface area contributed by atoms with Crippen LogP contribution in [0.2, 0.25) is 0 Å². The van der Waals surface area contributed by atoms with Crippen LogP contribution in [-0.4, -0.2) is 17.1 Å². The Balaban J connectivity index is 1.47. The van der Waals surface area contributed by atoms with E-state index in [1.54, 1.807) is 6.07 Å². The third-order valence-corrected chi connectivity index (χ3v) is 6.17. The van der Waals surface area contributed by atoms with Crippen LogP contribution in [0.1, 0.15) is 23.1 Å². The van der Waals surface area contributed by atoms with E-state index in [4.69, 9.17) is 9.15 Å². The molecular formula is C22H19NO5S. The summed E-state index contributed by atoms with van der Waals surface area (Å²) in [6.45, 7) is 3.85. The first-order valence-electron chi connectivity index (χ1n) is 9.17. The van der Waals surface area contributed by atoms with Crippen molar-refractivity contribution in [1.29, 1.82) is 0 Å². The van der Waals surface area contributed by atoms with Crippen molar-refractivity contribution >= 4 is 40.3 Å². The van der Waals surface area contributed by atoms with Crippen molar-refractivity contribution in [3.8, 4) is 0 Å². The van der Waals surface area contributed by atoms with Crippen LogP contribution in [0.4, 0.5) is 5.69 Å². The van der Waals surface area contributed by atoms with E-state index in [0.29, 0.717) is 11.1 Å². The molecule has 2 aromatic carbocycles. The first-order chi connectivity index (χ1) is 13.9. The number of rotatable bonds is 4. The zero-order valence-electron chi connectivity index (χ0n) is 16.0. The number of carbonyl (C=O) groups is 2. The molecule has 6 nitrogen and oxygen atoms in total. The first-order valence-corrected chi connectivity index (χ1v) is 10.0. The summed E-state index contributed by atoms with van der Waals surface area (Å²) in [7, 11) is 0. The predicted molar refractivity (Wildman–Crippen MR) is 111 cm³/mol. The third kappa shape index (κ3) is 4.05. The molecule has 7 heteroatoms. The fourth-order valence-corrected chi connectivity index (χ4v) is 4.29. The Morgan fingerprint density at radius 1 is 1.14 bits per heavy atom. The highest BCUT2D eigenvalue weighted by atomic mass is 32.2. The molecule has 0 saturated carbocycles. The van der Waals surface area contributed by atoms with Crippen LogP contribution < -0.4 is 10.9 Å². The molecule has 1 aliphatic rings. The van der Waals surface area contributed by atoms with Crippen LogP contribution in [-0.2, 0) is 20.9 Å². The van der Waals surface area contributed by atoms with Crippen molar-refractivity contribution in [3.05, 3.63) is 69.6 Å². The molecular weight excluding hydrogens is 390 g/mol. The molecule has 0 radical (unpaired) electrons. The minimum Gasteiger partial charge on any atom is -0.461 e.